The van der Waals surface area contributed by atoms with Crippen LogP contribution in [0.25, 0.3) is 0 Å². The van der Waals surface area contributed by atoms with Gasteiger partial charge in [0.25, 0.3) is 11.6 Å². The summed E-state index contributed by atoms with van der Waals surface area (Å²) in [7, 11) is 0. The van der Waals surface area contributed by atoms with Crippen molar-refractivity contribution in [2.45, 2.75) is 13.0 Å². The maximum atomic E-state index is 12.9. The number of amides is 1. The van der Waals surface area contributed by atoms with Crippen LogP contribution in [0.4, 0.5) is 11.4 Å². The first-order valence-electron chi connectivity index (χ1n) is 8.29. The number of carbonyl (C=O) groups is 2. The van der Waals surface area contributed by atoms with Gasteiger partial charge in [-0.1, -0.05) is 36.4 Å². The molecule has 142 valence electrons. The zero-order valence-corrected chi connectivity index (χ0v) is 15.6. The van der Waals surface area contributed by atoms with E-state index >= 15 is 0 Å². The van der Waals surface area contributed by atoms with E-state index in [4.69, 9.17) is 4.74 Å². The van der Waals surface area contributed by atoms with Crippen molar-refractivity contribution in [3.8, 4) is 0 Å². The Bertz CT molecular complexity index is 1000. The molecule has 0 spiro atoms. The number of nitrogens with one attached hydrogen (secondary N) is 1. The van der Waals surface area contributed by atoms with Crippen molar-refractivity contribution in [1.82, 2.24) is 0 Å². The number of esters is 1. The van der Waals surface area contributed by atoms with Gasteiger partial charge in [0.2, 0.25) is 6.10 Å². The van der Waals surface area contributed by atoms with E-state index in [9.17, 15) is 19.7 Å². The van der Waals surface area contributed by atoms with Gasteiger partial charge in [0, 0.05) is 17.0 Å². The van der Waals surface area contributed by atoms with Crippen molar-refractivity contribution >= 4 is 34.6 Å². The van der Waals surface area contributed by atoms with Gasteiger partial charge >= 0.3 is 5.97 Å². The molecule has 1 atom stereocenters. The van der Waals surface area contributed by atoms with Gasteiger partial charge < -0.3 is 10.1 Å². The molecule has 1 heterocycles. The summed E-state index contributed by atoms with van der Waals surface area (Å²) in [5.74, 6) is -1.33. The Morgan fingerprint density at radius 1 is 1.14 bits per heavy atom. The summed E-state index contributed by atoms with van der Waals surface area (Å²) in [6, 6.07) is 14.5. The van der Waals surface area contributed by atoms with Crippen molar-refractivity contribution < 1.29 is 19.2 Å². The molecule has 0 aliphatic heterocycles. The van der Waals surface area contributed by atoms with Gasteiger partial charge in [0.05, 0.1) is 10.5 Å². The molecule has 3 aromatic rings. The molecular weight excluding hydrogens is 380 g/mol. The smallest absolute Gasteiger partial charge is 0.340 e. The Morgan fingerprint density at radius 3 is 2.54 bits per heavy atom. The summed E-state index contributed by atoms with van der Waals surface area (Å²) in [5.41, 5.74) is 1.28. The average molecular weight is 396 g/mol. The number of rotatable bonds is 6. The Hall–Kier alpha value is -3.52. The van der Waals surface area contributed by atoms with E-state index in [1.165, 1.54) is 23.5 Å². The molecule has 1 aromatic heterocycles. The van der Waals surface area contributed by atoms with E-state index in [1.807, 2.05) is 0 Å². The van der Waals surface area contributed by atoms with Crippen molar-refractivity contribution in [3.05, 3.63) is 92.2 Å². The van der Waals surface area contributed by atoms with Crippen LogP contribution in [0.1, 0.15) is 27.6 Å². The maximum absolute atomic E-state index is 12.9. The van der Waals surface area contributed by atoms with Gasteiger partial charge in [-0.3, -0.25) is 14.9 Å². The number of ether oxygens (including phenoxy) is 1. The first-order chi connectivity index (χ1) is 13.5. The largest absolute Gasteiger partial charge is 0.444 e. The fraction of sp³-hybridized carbons (Fsp3) is 0.100. The van der Waals surface area contributed by atoms with Crippen LogP contribution >= 0.6 is 11.3 Å². The lowest BCUT2D eigenvalue weighted by Crippen LogP contribution is -2.26. The maximum Gasteiger partial charge on any atom is 0.340 e. The standard InChI is InChI=1S/C20H16N2O5S/c1-13-7-8-16(17(11-13)22(25)26)21-19(23)18(14-5-3-2-4-6-14)27-20(24)15-9-10-28-12-15/h2-12,18H,1H3,(H,21,23). The van der Waals surface area contributed by atoms with E-state index in [0.717, 1.165) is 0 Å². The molecule has 0 aliphatic rings. The highest BCUT2D eigenvalue weighted by molar-refractivity contribution is 7.08. The van der Waals surface area contributed by atoms with E-state index in [-0.39, 0.29) is 11.4 Å². The van der Waals surface area contributed by atoms with Gasteiger partial charge in [-0.05, 0) is 30.0 Å². The summed E-state index contributed by atoms with van der Waals surface area (Å²) < 4.78 is 5.42. The molecule has 28 heavy (non-hydrogen) atoms. The zero-order chi connectivity index (χ0) is 20.1. The number of nitrogens with zero attached hydrogens (tertiary/aromatic N) is 1. The number of carbonyl (C=O) groups excluding carboxylic acids is 2. The van der Waals surface area contributed by atoms with Gasteiger partial charge in [-0.15, -0.1) is 0 Å². The zero-order valence-electron chi connectivity index (χ0n) is 14.8. The summed E-state index contributed by atoms with van der Waals surface area (Å²) in [6.07, 6.45) is -1.26. The predicted octanol–water partition coefficient (Wildman–Crippen LogP) is 4.50. The van der Waals surface area contributed by atoms with Gasteiger partial charge in [0.1, 0.15) is 5.69 Å². The van der Waals surface area contributed by atoms with Crippen LogP contribution in [-0.2, 0) is 9.53 Å². The highest BCUT2D eigenvalue weighted by Gasteiger charge is 2.28. The fourth-order valence-electron chi connectivity index (χ4n) is 2.55. The lowest BCUT2D eigenvalue weighted by Gasteiger charge is -2.18. The molecule has 1 N–H and O–H groups in total. The number of benzene rings is 2. The van der Waals surface area contributed by atoms with E-state index in [0.29, 0.717) is 16.7 Å². The highest BCUT2D eigenvalue weighted by Crippen LogP contribution is 2.28. The van der Waals surface area contributed by atoms with Gasteiger partial charge in [-0.2, -0.15) is 11.3 Å². The third-order valence-electron chi connectivity index (χ3n) is 3.93. The SMILES string of the molecule is Cc1ccc(NC(=O)C(OC(=O)c2ccsc2)c2ccccc2)c([N+](=O)[O-])c1. The number of hydrogen-bond donors (Lipinski definition) is 1. The number of nitro groups is 1. The minimum Gasteiger partial charge on any atom is -0.444 e. The number of thiophene rings is 1. The molecule has 8 heteroatoms. The van der Waals surface area contributed by atoms with Crippen LogP contribution in [0.3, 0.4) is 0 Å². The van der Waals surface area contributed by atoms with Gasteiger partial charge in [0.15, 0.2) is 0 Å². The average Bonchev–Trinajstić information content (AvgIpc) is 3.22. The van der Waals surface area contributed by atoms with E-state index in [1.54, 1.807) is 60.1 Å². The predicted molar refractivity (Wildman–Crippen MR) is 105 cm³/mol. The van der Waals surface area contributed by atoms with Crippen molar-refractivity contribution in [2.75, 3.05) is 5.32 Å². The van der Waals surface area contributed by atoms with Crippen molar-refractivity contribution in [2.24, 2.45) is 0 Å². The molecule has 0 saturated carbocycles. The molecule has 0 bridgehead atoms. The molecule has 1 unspecified atom stereocenters. The minimum absolute atomic E-state index is 0.0353. The quantitative estimate of drug-likeness (QED) is 0.376. The van der Waals surface area contributed by atoms with Crippen LogP contribution in [-0.4, -0.2) is 16.8 Å². The summed E-state index contributed by atoms with van der Waals surface area (Å²) in [4.78, 5) is 36.0. The molecule has 2 aromatic carbocycles. The van der Waals surface area contributed by atoms with E-state index < -0.39 is 22.9 Å². The highest BCUT2D eigenvalue weighted by atomic mass is 32.1. The van der Waals surface area contributed by atoms with Gasteiger partial charge in [-0.25, -0.2) is 4.79 Å². The van der Waals surface area contributed by atoms with Crippen LogP contribution in [0.5, 0.6) is 0 Å². The Kier molecular flexibility index (Phi) is 5.81. The van der Waals surface area contributed by atoms with Crippen LogP contribution in [0.2, 0.25) is 0 Å². The Morgan fingerprint density at radius 2 is 1.89 bits per heavy atom. The molecule has 0 radical (unpaired) electrons. The Labute approximate surface area is 164 Å². The topological polar surface area (TPSA) is 98.5 Å². The molecule has 0 aliphatic carbocycles. The molecular formula is C20H16N2O5S. The lowest BCUT2D eigenvalue weighted by molar-refractivity contribution is -0.384. The number of aryl methyl sites for hydroxylation is 1. The summed E-state index contributed by atoms with van der Waals surface area (Å²) in [5, 5.41) is 17.2. The number of hydrogen-bond acceptors (Lipinski definition) is 6. The molecule has 3 rings (SSSR count). The van der Waals surface area contributed by atoms with Crippen LogP contribution in [0, 0.1) is 17.0 Å². The fourth-order valence-corrected chi connectivity index (χ4v) is 3.18. The summed E-state index contributed by atoms with van der Waals surface area (Å²) >= 11 is 1.33. The third-order valence-corrected chi connectivity index (χ3v) is 4.61. The second-order valence-corrected chi connectivity index (χ2v) is 6.76. The monoisotopic (exact) mass is 396 g/mol. The van der Waals surface area contributed by atoms with Crippen LogP contribution < -0.4 is 5.32 Å². The minimum atomic E-state index is -1.26. The first kappa shape index (κ1) is 19.2. The molecule has 7 nitrogen and oxygen atoms in total. The van der Waals surface area contributed by atoms with Crippen molar-refractivity contribution in [3.63, 3.8) is 0 Å². The van der Waals surface area contributed by atoms with Crippen LogP contribution in [0.15, 0.2) is 65.4 Å². The normalized spacial score (nSPS) is 11.5. The molecule has 0 saturated heterocycles. The number of nitro benzene ring substituents is 1. The second-order valence-electron chi connectivity index (χ2n) is 5.98. The molecule has 0 fully saturated rings. The first-order valence-corrected chi connectivity index (χ1v) is 9.24. The molecule has 1 amide bonds. The lowest BCUT2D eigenvalue weighted by atomic mass is 10.1. The van der Waals surface area contributed by atoms with E-state index in [2.05, 4.69) is 5.32 Å². The number of anilines is 1. The summed E-state index contributed by atoms with van der Waals surface area (Å²) in [6.45, 7) is 1.72. The second kappa shape index (κ2) is 8.45. The van der Waals surface area contributed by atoms with Crippen molar-refractivity contribution in [1.29, 1.82) is 0 Å². The Balaban J connectivity index is 1.89. The third kappa shape index (κ3) is 4.41.